The molecule has 0 fully saturated rings. The van der Waals surface area contributed by atoms with Crippen molar-refractivity contribution in [1.29, 1.82) is 0 Å². The quantitative estimate of drug-likeness (QED) is 0.869. The Labute approximate surface area is 102 Å². The van der Waals surface area contributed by atoms with Crippen molar-refractivity contribution >= 4 is 11.7 Å². The molecule has 3 heteroatoms. The zero-order valence-electron chi connectivity index (χ0n) is 10.3. The van der Waals surface area contributed by atoms with E-state index < -0.39 is 5.97 Å². The highest BCUT2D eigenvalue weighted by atomic mass is 16.4. The lowest BCUT2D eigenvalue weighted by Gasteiger charge is -2.31. The second-order valence-electron chi connectivity index (χ2n) is 4.72. The van der Waals surface area contributed by atoms with E-state index in [-0.39, 0.29) is 6.42 Å². The third-order valence-electron chi connectivity index (χ3n) is 3.27. The standard InChI is InChI=1S/C14H19NO2/c1-11-6-7-12-4-2-8-15(13(12)10-11)9-3-5-14(16)17/h6-7,10H,2-5,8-9H2,1H3,(H,16,17). The Balaban J connectivity index is 2.05. The molecule has 0 atom stereocenters. The topological polar surface area (TPSA) is 40.5 Å². The zero-order chi connectivity index (χ0) is 12.3. The van der Waals surface area contributed by atoms with Crippen molar-refractivity contribution in [1.82, 2.24) is 0 Å². The van der Waals surface area contributed by atoms with E-state index in [2.05, 4.69) is 30.0 Å². The summed E-state index contributed by atoms with van der Waals surface area (Å²) in [6.45, 7) is 4.00. The second kappa shape index (κ2) is 5.21. The number of rotatable bonds is 4. The average Bonchev–Trinajstić information content (AvgIpc) is 2.29. The molecule has 0 amide bonds. The molecule has 92 valence electrons. The summed E-state index contributed by atoms with van der Waals surface area (Å²) in [6.07, 6.45) is 3.30. The fourth-order valence-corrected chi connectivity index (χ4v) is 2.41. The van der Waals surface area contributed by atoms with Crippen LogP contribution in [0.3, 0.4) is 0 Å². The van der Waals surface area contributed by atoms with E-state index in [0.29, 0.717) is 0 Å². The molecule has 1 aromatic rings. The lowest BCUT2D eigenvalue weighted by atomic mass is 9.99. The minimum absolute atomic E-state index is 0.262. The number of benzene rings is 1. The highest BCUT2D eigenvalue weighted by Crippen LogP contribution is 2.28. The molecule has 0 aliphatic carbocycles. The number of hydrogen-bond acceptors (Lipinski definition) is 2. The lowest BCUT2D eigenvalue weighted by Crippen LogP contribution is -2.30. The van der Waals surface area contributed by atoms with E-state index in [1.807, 2.05) is 0 Å². The second-order valence-corrected chi connectivity index (χ2v) is 4.72. The first kappa shape index (κ1) is 12.0. The first-order valence-electron chi connectivity index (χ1n) is 6.23. The number of aliphatic carboxylic acids is 1. The van der Waals surface area contributed by atoms with Crippen LogP contribution in [0.25, 0.3) is 0 Å². The van der Waals surface area contributed by atoms with Crippen LogP contribution in [0.15, 0.2) is 18.2 Å². The van der Waals surface area contributed by atoms with E-state index in [4.69, 9.17) is 5.11 Å². The van der Waals surface area contributed by atoms with Gasteiger partial charge in [0.25, 0.3) is 0 Å². The number of fused-ring (bicyclic) bond motifs is 1. The molecule has 0 unspecified atom stereocenters. The maximum absolute atomic E-state index is 10.5. The van der Waals surface area contributed by atoms with E-state index in [9.17, 15) is 4.79 Å². The van der Waals surface area contributed by atoms with Crippen molar-refractivity contribution in [3.05, 3.63) is 29.3 Å². The summed E-state index contributed by atoms with van der Waals surface area (Å²) in [6, 6.07) is 6.57. The van der Waals surface area contributed by atoms with E-state index >= 15 is 0 Å². The van der Waals surface area contributed by atoms with Crippen LogP contribution >= 0.6 is 0 Å². The van der Waals surface area contributed by atoms with Gasteiger partial charge in [-0.25, -0.2) is 0 Å². The molecular formula is C14H19NO2. The van der Waals surface area contributed by atoms with Gasteiger partial charge in [0, 0.05) is 25.2 Å². The van der Waals surface area contributed by atoms with Crippen molar-refractivity contribution in [2.75, 3.05) is 18.0 Å². The Morgan fingerprint density at radius 3 is 3.06 bits per heavy atom. The summed E-state index contributed by atoms with van der Waals surface area (Å²) in [5, 5.41) is 8.66. The molecule has 0 saturated carbocycles. The molecule has 1 aliphatic heterocycles. The first-order chi connectivity index (χ1) is 8.16. The van der Waals surface area contributed by atoms with Crippen molar-refractivity contribution in [3.8, 4) is 0 Å². The molecule has 0 aromatic heterocycles. The van der Waals surface area contributed by atoms with Crippen molar-refractivity contribution in [2.45, 2.75) is 32.6 Å². The first-order valence-corrected chi connectivity index (χ1v) is 6.23. The molecule has 1 aromatic carbocycles. The minimum Gasteiger partial charge on any atom is -0.481 e. The van der Waals surface area contributed by atoms with E-state index in [1.54, 1.807) is 0 Å². The fourth-order valence-electron chi connectivity index (χ4n) is 2.41. The number of carboxylic acids is 1. The van der Waals surface area contributed by atoms with Gasteiger partial charge in [-0.05, 0) is 43.4 Å². The maximum Gasteiger partial charge on any atom is 0.303 e. The summed E-state index contributed by atoms with van der Waals surface area (Å²) in [7, 11) is 0. The monoisotopic (exact) mass is 233 g/mol. The van der Waals surface area contributed by atoms with E-state index in [0.717, 1.165) is 25.9 Å². The van der Waals surface area contributed by atoms with Gasteiger partial charge in [0.15, 0.2) is 0 Å². The number of nitrogens with zero attached hydrogens (tertiary/aromatic N) is 1. The molecule has 0 bridgehead atoms. The van der Waals surface area contributed by atoms with Crippen LogP contribution in [0.2, 0.25) is 0 Å². The van der Waals surface area contributed by atoms with Gasteiger partial charge < -0.3 is 10.0 Å². The van der Waals surface area contributed by atoms with Crippen LogP contribution in [0, 0.1) is 6.92 Å². The van der Waals surface area contributed by atoms with Gasteiger partial charge in [0.2, 0.25) is 0 Å². The van der Waals surface area contributed by atoms with Gasteiger partial charge in [0.05, 0.1) is 0 Å². The van der Waals surface area contributed by atoms with Crippen LogP contribution in [0.1, 0.15) is 30.4 Å². The SMILES string of the molecule is Cc1ccc2c(c1)N(CCCC(=O)O)CCC2. The third kappa shape index (κ3) is 2.99. The number of aryl methyl sites for hydroxylation is 2. The molecule has 3 nitrogen and oxygen atoms in total. The molecule has 1 aliphatic rings. The van der Waals surface area contributed by atoms with Crippen molar-refractivity contribution in [2.24, 2.45) is 0 Å². The predicted molar refractivity (Wildman–Crippen MR) is 68.6 cm³/mol. The summed E-state index contributed by atoms with van der Waals surface area (Å²) in [4.78, 5) is 12.9. The van der Waals surface area contributed by atoms with Crippen LogP contribution in [-0.4, -0.2) is 24.2 Å². The van der Waals surface area contributed by atoms with Crippen molar-refractivity contribution in [3.63, 3.8) is 0 Å². The predicted octanol–water partition coefficient (Wildman–Crippen LogP) is 2.61. The summed E-state index contributed by atoms with van der Waals surface area (Å²) >= 11 is 0. The van der Waals surface area contributed by atoms with Crippen LogP contribution in [0.5, 0.6) is 0 Å². The Bertz CT molecular complexity index is 415. The van der Waals surface area contributed by atoms with Crippen LogP contribution in [-0.2, 0) is 11.2 Å². The van der Waals surface area contributed by atoms with Gasteiger partial charge in [-0.1, -0.05) is 12.1 Å². The zero-order valence-corrected chi connectivity index (χ0v) is 10.3. The molecule has 17 heavy (non-hydrogen) atoms. The molecule has 1 heterocycles. The van der Waals surface area contributed by atoms with E-state index in [1.165, 1.54) is 23.2 Å². The number of hydrogen-bond donors (Lipinski definition) is 1. The van der Waals surface area contributed by atoms with Crippen LogP contribution in [0.4, 0.5) is 5.69 Å². The number of carboxylic acid groups (broad SMARTS) is 1. The Morgan fingerprint density at radius 2 is 2.29 bits per heavy atom. The Kier molecular flexibility index (Phi) is 3.67. The van der Waals surface area contributed by atoms with Gasteiger partial charge in [-0.2, -0.15) is 0 Å². The normalized spacial score (nSPS) is 14.5. The molecule has 0 spiro atoms. The fraction of sp³-hybridized carbons (Fsp3) is 0.500. The van der Waals surface area contributed by atoms with Crippen LogP contribution < -0.4 is 4.90 Å². The highest BCUT2D eigenvalue weighted by Gasteiger charge is 2.16. The molecular weight excluding hydrogens is 214 g/mol. The van der Waals surface area contributed by atoms with Gasteiger partial charge in [-0.15, -0.1) is 0 Å². The van der Waals surface area contributed by atoms with Gasteiger partial charge >= 0.3 is 5.97 Å². The molecule has 0 radical (unpaired) electrons. The Hall–Kier alpha value is -1.51. The third-order valence-corrected chi connectivity index (χ3v) is 3.27. The van der Waals surface area contributed by atoms with Gasteiger partial charge in [0.1, 0.15) is 0 Å². The summed E-state index contributed by atoms with van der Waals surface area (Å²) < 4.78 is 0. The maximum atomic E-state index is 10.5. The molecule has 2 rings (SSSR count). The van der Waals surface area contributed by atoms with Crippen molar-refractivity contribution < 1.29 is 9.90 Å². The van der Waals surface area contributed by atoms with Gasteiger partial charge in [-0.3, -0.25) is 4.79 Å². The smallest absolute Gasteiger partial charge is 0.303 e. The lowest BCUT2D eigenvalue weighted by molar-refractivity contribution is -0.137. The molecule has 0 saturated heterocycles. The summed E-state index contributed by atoms with van der Waals surface area (Å²) in [5.41, 5.74) is 3.98. The summed E-state index contributed by atoms with van der Waals surface area (Å²) in [5.74, 6) is -0.702. The number of anilines is 1. The number of carbonyl (C=O) groups is 1. The minimum atomic E-state index is -0.702. The largest absolute Gasteiger partial charge is 0.481 e. The molecule has 1 N–H and O–H groups in total. The Morgan fingerprint density at radius 1 is 1.47 bits per heavy atom. The highest BCUT2D eigenvalue weighted by molar-refractivity contribution is 5.66. The average molecular weight is 233 g/mol.